The van der Waals surface area contributed by atoms with Crippen LogP contribution in [-0.4, -0.2) is 89.0 Å². The molecule has 0 unspecified atom stereocenters. The third-order valence-corrected chi connectivity index (χ3v) is 2.54. The molecule has 0 aliphatic rings. The van der Waals surface area contributed by atoms with Gasteiger partial charge in [0.15, 0.2) is 5.60 Å². The topological polar surface area (TPSA) is 367 Å². The molecule has 17 nitrogen and oxygen atoms in total. The molecule has 0 aliphatic carbocycles. The number of hydrogen-bond acceptors (Lipinski definition) is 11. The van der Waals surface area contributed by atoms with Gasteiger partial charge in [0, 0.05) is 24.8 Å². The van der Waals surface area contributed by atoms with Crippen LogP contribution in [-0.2, 0) is 28.8 Å². The van der Waals surface area contributed by atoms with E-state index in [1.165, 1.54) is 0 Å². The first-order valence-corrected chi connectivity index (χ1v) is 6.28. The van der Waals surface area contributed by atoms with E-state index in [0.29, 0.717) is 0 Å². The first-order valence-electron chi connectivity index (χ1n) is 6.28. The standard InChI is InChI=1S/2C6H8O7.3Na.3H2O/c2*7-3(8)1-6(13,5(11)12)2-4(9)10;;;;;;/h2*13H,1-2H2,(H,7,8)(H,9,10)(H,11,12);;;;3*1H2/q;;3*+1;;;/p-3. The number of aliphatic carboxylic acids is 6. The van der Waals surface area contributed by atoms with Gasteiger partial charge in [0.1, 0.15) is 5.60 Å². The predicted molar refractivity (Wildman–Crippen MR) is 77.1 cm³/mol. The van der Waals surface area contributed by atoms with E-state index >= 15 is 0 Å². The number of hydrogen-bond donors (Lipinski definition) is 5. The zero-order valence-electron chi connectivity index (χ0n) is 17.2. The van der Waals surface area contributed by atoms with Gasteiger partial charge in [-0.25, -0.2) is 4.79 Å². The monoisotopic (exact) mass is 504 g/mol. The van der Waals surface area contributed by atoms with E-state index in [4.69, 9.17) is 25.5 Å². The Morgan fingerprint density at radius 3 is 0.938 bits per heavy atom. The minimum Gasteiger partial charge on any atom is -0.550 e. The third-order valence-electron chi connectivity index (χ3n) is 2.54. The molecule has 0 aromatic carbocycles. The first-order chi connectivity index (χ1) is 11.6. The fraction of sp³-hybridized carbons (Fsp3) is 0.500. The summed E-state index contributed by atoms with van der Waals surface area (Å²) in [5, 5.41) is 72.7. The van der Waals surface area contributed by atoms with Crippen LogP contribution < -0.4 is 104 Å². The molecule has 0 saturated heterocycles. The number of aliphatic hydroxyl groups is 2. The fourth-order valence-corrected chi connectivity index (χ4v) is 1.40. The number of carbonyl (C=O) groups is 6. The molecule has 0 spiro atoms. The predicted octanol–water partition coefficient (Wildman–Crippen LogP) is -18.0. The molecule has 0 bridgehead atoms. The summed E-state index contributed by atoms with van der Waals surface area (Å²) in [5.74, 6) is -11.0. The maximum Gasteiger partial charge on any atom is 1.00 e. The van der Waals surface area contributed by atoms with Crippen molar-refractivity contribution in [1.82, 2.24) is 0 Å². The average molecular weight is 504 g/mol. The van der Waals surface area contributed by atoms with Gasteiger partial charge in [-0.15, -0.1) is 0 Å². The Hall–Kier alpha value is -0.380. The summed E-state index contributed by atoms with van der Waals surface area (Å²) >= 11 is 0. The Balaban J connectivity index is -0.0000000505. The molecule has 0 aromatic heterocycles. The van der Waals surface area contributed by atoms with Gasteiger partial charge in [0.2, 0.25) is 0 Å². The van der Waals surface area contributed by atoms with E-state index in [2.05, 4.69) is 0 Å². The smallest absolute Gasteiger partial charge is 0.550 e. The van der Waals surface area contributed by atoms with Crippen LogP contribution in [0.3, 0.4) is 0 Å². The van der Waals surface area contributed by atoms with Gasteiger partial charge in [-0.2, -0.15) is 0 Å². The molecule has 20 heteroatoms. The van der Waals surface area contributed by atoms with Gasteiger partial charge in [-0.1, -0.05) is 0 Å². The number of rotatable bonds is 10. The van der Waals surface area contributed by atoms with Gasteiger partial charge in [-0.05, 0) is 0 Å². The Kier molecular flexibility index (Phi) is 39.5. The molecule has 0 aromatic rings. The van der Waals surface area contributed by atoms with E-state index in [1.807, 2.05) is 0 Å². The summed E-state index contributed by atoms with van der Waals surface area (Å²) in [4.78, 5) is 60.5. The van der Waals surface area contributed by atoms with Gasteiger partial charge in [0.25, 0.3) is 0 Å². The van der Waals surface area contributed by atoms with Crippen LogP contribution in [0.15, 0.2) is 0 Å². The van der Waals surface area contributed by atoms with E-state index in [-0.39, 0.29) is 105 Å². The summed E-state index contributed by atoms with van der Waals surface area (Å²) in [5.41, 5.74) is -5.71. The van der Waals surface area contributed by atoms with E-state index in [9.17, 15) is 44.1 Å². The second-order valence-corrected chi connectivity index (χ2v) is 4.89. The van der Waals surface area contributed by atoms with Crippen molar-refractivity contribution in [3.8, 4) is 0 Å². The zero-order chi connectivity index (χ0) is 21.3. The summed E-state index contributed by atoms with van der Waals surface area (Å²) in [6, 6.07) is 0. The van der Waals surface area contributed by atoms with Crippen molar-refractivity contribution in [2.24, 2.45) is 0 Å². The Bertz CT molecular complexity index is 524. The van der Waals surface area contributed by atoms with Crippen LogP contribution in [0.1, 0.15) is 25.7 Å². The third kappa shape index (κ3) is 24.3. The van der Waals surface area contributed by atoms with Crippen LogP contribution in [0.4, 0.5) is 0 Å². The molecule has 172 valence electrons. The molecule has 0 atom stereocenters. The van der Waals surface area contributed by atoms with Gasteiger partial charge >= 0.3 is 107 Å². The Morgan fingerprint density at radius 2 is 0.812 bits per heavy atom. The van der Waals surface area contributed by atoms with Crippen LogP contribution in [0.2, 0.25) is 0 Å². The largest absolute Gasteiger partial charge is 1.00 e. The van der Waals surface area contributed by atoms with E-state index in [0.717, 1.165) is 0 Å². The number of carbonyl (C=O) groups excluding carboxylic acids is 3. The van der Waals surface area contributed by atoms with Crippen molar-refractivity contribution in [3.05, 3.63) is 0 Å². The van der Waals surface area contributed by atoms with Gasteiger partial charge in [-0.3, -0.25) is 9.59 Å². The Morgan fingerprint density at radius 1 is 0.562 bits per heavy atom. The summed E-state index contributed by atoms with van der Waals surface area (Å²) < 4.78 is 0. The molecule has 0 rings (SSSR count). The van der Waals surface area contributed by atoms with E-state index < -0.39 is 72.7 Å². The number of carboxylic acids is 6. The minimum atomic E-state index is -2.97. The van der Waals surface area contributed by atoms with E-state index in [1.54, 1.807) is 0 Å². The van der Waals surface area contributed by atoms with Crippen molar-refractivity contribution in [1.29, 1.82) is 0 Å². The van der Waals surface area contributed by atoms with Crippen molar-refractivity contribution in [2.45, 2.75) is 36.9 Å². The SMILES string of the molecule is O.O.O.O=C(O)CC(O)(CC(=O)O)C(=O)O.O=C([O-])CC(O)(CC(=O)[O-])C(=O)[O-].[Na+].[Na+].[Na+]. The molecular weight excluding hydrogens is 485 g/mol. The molecule has 0 heterocycles. The van der Waals surface area contributed by atoms with Gasteiger partial charge in [0.05, 0.1) is 18.8 Å². The molecule has 0 amide bonds. The summed E-state index contributed by atoms with van der Waals surface area (Å²) in [6.45, 7) is 0. The zero-order valence-corrected chi connectivity index (χ0v) is 23.2. The van der Waals surface area contributed by atoms with Gasteiger partial charge < -0.3 is 71.7 Å². The molecular formula is C12H19Na3O17. The van der Waals surface area contributed by atoms with Crippen LogP contribution in [0.5, 0.6) is 0 Å². The molecule has 11 N–H and O–H groups in total. The molecule has 0 saturated carbocycles. The fourth-order valence-electron chi connectivity index (χ4n) is 1.40. The molecule has 0 aliphatic heterocycles. The normalized spacial score (nSPS) is 8.81. The summed E-state index contributed by atoms with van der Waals surface area (Å²) in [6.07, 6.45) is -5.00. The average Bonchev–Trinajstić information content (AvgIpc) is 2.34. The minimum absolute atomic E-state index is 0. The molecule has 0 radical (unpaired) electrons. The number of carboxylic acid groups (broad SMARTS) is 6. The van der Waals surface area contributed by atoms with Crippen LogP contribution in [0.25, 0.3) is 0 Å². The molecule has 32 heavy (non-hydrogen) atoms. The van der Waals surface area contributed by atoms with Crippen molar-refractivity contribution < 1.29 is 175 Å². The van der Waals surface area contributed by atoms with Crippen LogP contribution in [0, 0.1) is 0 Å². The first kappa shape index (κ1) is 53.1. The van der Waals surface area contributed by atoms with Crippen molar-refractivity contribution >= 4 is 35.8 Å². The summed E-state index contributed by atoms with van der Waals surface area (Å²) in [7, 11) is 0. The van der Waals surface area contributed by atoms with Crippen molar-refractivity contribution in [3.63, 3.8) is 0 Å². The quantitative estimate of drug-likeness (QED) is 0.172. The van der Waals surface area contributed by atoms with Crippen molar-refractivity contribution in [2.75, 3.05) is 0 Å². The van der Waals surface area contributed by atoms with Crippen LogP contribution >= 0.6 is 0 Å². The maximum absolute atomic E-state index is 10.3. The second-order valence-electron chi connectivity index (χ2n) is 4.89. The second kappa shape index (κ2) is 23.8. The Labute approximate surface area is 245 Å². The molecule has 0 fully saturated rings. The maximum atomic E-state index is 10.3.